The number of hydroxylamine groups is 1. The van der Waals surface area contributed by atoms with E-state index in [1.54, 1.807) is 5.48 Å². The van der Waals surface area contributed by atoms with E-state index in [0.717, 1.165) is 29.7 Å². The minimum absolute atomic E-state index is 0.0127. The highest BCUT2D eigenvalue weighted by Gasteiger charge is 2.34. The van der Waals surface area contributed by atoms with E-state index in [1.807, 2.05) is 48.5 Å². The summed E-state index contributed by atoms with van der Waals surface area (Å²) >= 11 is 0. The van der Waals surface area contributed by atoms with Gasteiger partial charge in [0.25, 0.3) is 0 Å². The number of β-amino-alcohol motifs (C(OH)–C–C–N with tert-alkyl or cyclic N) is 1. The van der Waals surface area contributed by atoms with Crippen molar-refractivity contribution in [3.8, 4) is 0 Å². The first-order valence-corrected chi connectivity index (χ1v) is 13.2. The van der Waals surface area contributed by atoms with Gasteiger partial charge in [0.05, 0.1) is 24.9 Å². The number of ether oxygens (including phenoxy) is 2. The highest BCUT2D eigenvalue weighted by molar-refractivity contribution is 5.90. The molecule has 2 aliphatic rings. The lowest BCUT2D eigenvalue weighted by Gasteiger charge is -2.37. The number of nitrogens with zero attached hydrogens (tertiary/aromatic N) is 1. The zero-order chi connectivity index (χ0) is 26.9. The van der Waals surface area contributed by atoms with Gasteiger partial charge in [0.15, 0.2) is 6.29 Å². The van der Waals surface area contributed by atoms with Gasteiger partial charge in [-0.05, 0) is 42.5 Å². The molecule has 0 radical (unpaired) electrons. The number of nitrogens with one attached hydrogen (secondary N) is 2. The first kappa shape index (κ1) is 28.2. The van der Waals surface area contributed by atoms with Crippen molar-refractivity contribution >= 4 is 17.5 Å². The van der Waals surface area contributed by atoms with Gasteiger partial charge in [-0.15, -0.1) is 0 Å². The van der Waals surface area contributed by atoms with Crippen molar-refractivity contribution in [1.82, 2.24) is 10.4 Å². The fourth-order valence-electron chi connectivity index (χ4n) is 4.87. The number of aliphatic hydroxyl groups is 2. The molecule has 2 fully saturated rings. The summed E-state index contributed by atoms with van der Waals surface area (Å²) in [7, 11) is 0. The molecule has 4 rings (SSSR count). The van der Waals surface area contributed by atoms with Crippen LogP contribution in [0.2, 0.25) is 0 Å². The molecule has 5 N–H and O–H groups in total. The van der Waals surface area contributed by atoms with Crippen molar-refractivity contribution < 1.29 is 34.5 Å². The van der Waals surface area contributed by atoms with Crippen molar-refractivity contribution in [3.63, 3.8) is 0 Å². The number of amides is 2. The zero-order valence-electron chi connectivity index (χ0n) is 21.4. The van der Waals surface area contributed by atoms with Crippen LogP contribution in [-0.4, -0.2) is 64.0 Å². The fraction of sp³-hybridized carbons (Fsp3) is 0.500. The van der Waals surface area contributed by atoms with Crippen molar-refractivity contribution in [1.29, 1.82) is 0 Å². The second-order valence-electron chi connectivity index (χ2n) is 9.96. The van der Waals surface area contributed by atoms with Crippen LogP contribution >= 0.6 is 0 Å². The van der Waals surface area contributed by atoms with Gasteiger partial charge in [0.1, 0.15) is 0 Å². The third-order valence-corrected chi connectivity index (χ3v) is 6.97. The van der Waals surface area contributed by atoms with Crippen molar-refractivity contribution in [3.05, 3.63) is 65.2 Å². The lowest BCUT2D eigenvalue weighted by atomic mass is 9.99. The molecule has 2 heterocycles. The Bertz CT molecular complexity index is 1050. The Kier molecular flexibility index (Phi) is 10.2. The smallest absolute Gasteiger partial charge is 0.243 e. The molecule has 2 aliphatic heterocycles. The zero-order valence-corrected chi connectivity index (χ0v) is 21.4. The summed E-state index contributed by atoms with van der Waals surface area (Å²) in [6.07, 6.45) is 1.78. The SMILES string of the molecule is O=C(CCCCC(=O)Nc1ccc(C2OC(CN3CCC(O)C3)CC(c3ccc(CO)cc3)O2)cc1)NO. The quantitative estimate of drug-likeness (QED) is 0.171. The lowest BCUT2D eigenvalue weighted by Crippen LogP contribution is -2.38. The van der Waals surface area contributed by atoms with E-state index in [4.69, 9.17) is 14.7 Å². The molecule has 0 saturated carbocycles. The molecular weight excluding hydrogens is 490 g/mol. The van der Waals surface area contributed by atoms with Crippen LogP contribution < -0.4 is 10.8 Å². The van der Waals surface area contributed by atoms with Crippen LogP contribution in [0.5, 0.6) is 0 Å². The van der Waals surface area contributed by atoms with E-state index in [2.05, 4.69) is 10.2 Å². The van der Waals surface area contributed by atoms with Crippen molar-refractivity contribution in [2.24, 2.45) is 0 Å². The number of unbranched alkanes of at least 4 members (excludes halogenated alkanes) is 1. The number of carbonyl (C=O) groups is 2. The van der Waals surface area contributed by atoms with Gasteiger partial charge in [-0.25, -0.2) is 5.48 Å². The van der Waals surface area contributed by atoms with Crippen molar-refractivity contribution in [2.45, 2.75) is 69.7 Å². The Balaban J connectivity index is 1.38. The van der Waals surface area contributed by atoms with E-state index in [-0.39, 0.29) is 43.7 Å². The number of anilines is 1. The first-order valence-electron chi connectivity index (χ1n) is 13.2. The maximum absolute atomic E-state index is 12.2. The standard InChI is InChI=1S/C28H37N3O7/c32-18-19-5-7-20(8-6-19)25-15-24(17-31-14-13-23(33)16-31)37-28(38-25)21-9-11-22(12-10-21)29-26(34)3-1-2-4-27(35)30-36/h5-12,23-25,28,32-33,36H,1-4,13-18H2,(H,29,34)(H,30,35). The molecule has 0 bridgehead atoms. The monoisotopic (exact) mass is 527 g/mol. The summed E-state index contributed by atoms with van der Waals surface area (Å²) in [4.78, 5) is 25.5. The molecule has 4 atom stereocenters. The topological polar surface area (TPSA) is 141 Å². The van der Waals surface area contributed by atoms with Gasteiger partial charge in [-0.2, -0.15) is 0 Å². The number of aliphatic hydroxyl groups excluding tert-OH is 2. The summed E-state index contributed by atoms with van der Waals surface area (Å²) in [5, 5.41) is 30.7. The highest BCUT2D eigenvalue weighted by atomic mass is 16.7. The van der Waals surface area contributed by atoms with Gasteiger partial charge in [0.2, 0.25) is 11.8 Å². The maximum atomic E-state index is 12.2. The minimum atomic E-state index is -0.591. The number of likely N-dealkylation sites (tertiary alicyclic amines) is 1. The van der Waals surface area contributed by atoms with Crippen LogP contribution in [0.1, 0.15) is 67.6 Å². The Hall–Kier alpha value is -2.86. The number of hydrogen-bond acceptors (Lipinski definition) is 8. The third-order valence-electron chi connectivity index (χ3n) is 6.97. The van der Waals surface area contributed by atoms with Gasteiger partial charge in [-0.1, -0.05) is 36.4 Å². The molecular formula is C28H37N3O7. The number of rotatable bonds is 11. The molecule has 2 amide bonds. The minimum Gasteiger partial charge on any atom is -0.392 e. The van der Waals surface area contributed by atoms with Gasteiger partial charge < -0.3 is 25.0 Å². The first-order chi connectivity index (χ1) is 18.4. The summed E-state index contributed by atoms with van der Waals surface area (Å²) in [6.45, 7) is 2.17. The second-order valence-corrected chi connectivity index (χ2v) is 9.96. The normalized spacial score (nSPS) is 23.8. The van der Waals surface area contributed by atoms with Crippen LogP contribution in [0.4, 0.5) is 5.69 Å². The predicted octanol–water partition coefficient (Wildman–Crippen LogP) is 2.80. The second kappa shape index (κ2) is 13.8. The van der Waals surface area contributed by atoms with Crippen molar-refractivity contribution in [2.75, 3.05) is 25.0 Å². The van der Waals surface area contributed by atoms with Crippen LogP contribution in [0, 0.1) is 0 Å². The predicted molar refractivity (Wildman–Crippen MR) is 139 cm³/mol. The Morgan fingerprint density at radius 1 is 0.947 bits per heavy atom. The fourth-order valence-corrected chi connectivity index (χ4v) is 4.87. The highest BCUT2D eigenvalue weighted by Crippen LogP contribution is 2.38. The summed E-state index contributed by atoms with van der Waals surface area (Å²) in [5.74, 6) is -0.607. The number of hydrogen-bond donors (Lipinski definition) is 5. The molecule has 4 unspecified atom stereocenters. The van der Waals surface area contributed by atoms with Gasteiger partial charge in [-0.3, -0.25) is 19.7 Å². The van der Waals surface area contributed by atoms with Gasteiger partial charge in [0, 0.05) is 50.1 Å². The van der Waals surface area contributed by atoms with E-state index in [1.165, 1.54) is 0 Å². The largest absolute Gasteiger partial charge is 0.392 e. The van der Waals surface area contributed by atoms with Crippen LogP contribution in [-0.2, 0) is 25.7 Å². The van der Waals surface area contributed by atoms with Crippen LogP contribution in [0.25, 0.3) is 0 Å². The van der Waals surface area contributed by atoms with Crippen LogP contribution in [0.3, 0.4) is 0 Å². The Labute approximate surface area is 222 Å². The Morgan fingerprint density at radius 2 is 1.63 bits per heavy atom. The van der Waals surface area contributed by atoms with Crippen LogP contribution in [0.15, 0.2) is 48.5 Å². The summed E-state index contributed by atoms with van der Waals surface area (Å²) in [5.41, 5.74) is 4.93. The van der Waals surface area contributed by atoms with Gasteiger partial charge >= 0.3 is 0 Å². The molecule has 38 heavy (non-hydrogen) atoms. The van der Waals surface area contributed by atoms with E-state index >= 15 is 0 Å². The molecule has 0 aromatic heterocycles. The average molecular weight is 528 g/mol. The van der Waals surface area contributed by atoms with E-state index in [9.17, 15) is 19.8 Å². The summed E-state index contributed by atoms with van der Waals surface area (Å²) < 4.78 is 12.7. The number of carbonyl (C=O) groups excluding carboxylic acids is 2. The number of benzene rings is 2. The molecule has 10 heteroatoms. The third kappa shape index (κ3) is 8.07. The molecule has 10 nitrogen and oxygen atoms in total. The molecule has 2 aromatic carbocycles. The average Bonchev–Trinajstić information content (AvgIpc) is 3.35. The molecule has 2 aromatic rings. The molecule has 0 spiro atoms. The molecule has 206 valence electrons. The van der Waals surface area contributed by atoms with E-state index < -0.39 is 12.2 Å². The lowest BCUT2D eigenvalue weighted by molar-refractivity contribution is -0.252. The van der Waals surface area contributed by atoms with E-state index in [0.29, 0.717) is 38.0 Å². The maximum Gasteiger partial charge on any atom is 0.243 e. The Morgan fingerprint density at radius 3 is 2.26 bits per heavy atom. The molecule has 0 aliphatic carbocycles. The summed E-state index contributed by atoms with van der Waals surface area (Å²) in [6, 6.07) is 15.1. The molecule has 2 saturated heterocycles.